The summed E-state index contributed by atoms with van der Waals surface area (Å²) in [5, 5.41) is 0. The third kappa shape index (κ3) is 5.04. The lowest BCUT2D eigenvalue weighted by Crippen LogP contribution is -2.31. The van der Waals surface area contributed by atoms with Crippen molar-refractivity contribution in [3.8, 4) is 5.75 Å². The van der Waals surface area contributed by atoms with E-state index in [-0.39, 0.29) is 0 Å². The molecule has 142 valence electrons. The molecule has 0 atom stereocenters. The Labute approximate surface area is 158 Å². The second-order valence-corrected chi connectivity index (χ2v) is 5.39. The molecule has 2 rings (SSSR count). The lowest BCUT2D eigenvalue weighted by molar-refractivity contribution is 0.0600. The van der Waals surface area contributed by atoms with Gasteiger partial charge in [-0.1, -0.05) is 6.92 Å². The molecular weight excluding hydrogens is 346 g/mol. The Kier molecular flexibility index (Phi) is 7.30. The SMILES string of the molecule is CCC(=N/C=C\N)N(Cc1ccc(C(=O)OC)cn1)c1ncccc1OC. The maximum Gasteiger partial charge on any atom is 0.339 e. The van der Waals surface area contributed by atoms with Gasteiger partial charge in [0.2, 0.25) is 0 Å². The first-order valence-electron chi connectivity index (χ1n) is 8.37. The summed E-state index contributed by atoms with van der Waals surface area (Å²) >= 11 is 0. The maximum atomic E-state index is 11.6. The van der Waals surface area contributed by atoms with Gasteiger partial charge in [-0.05, 0) is 24.3 Å². The van der Waals surface area contributed by atoms with Crippen LogP contribution in [0.2, 0.25) is 0 Å². The van der Waals surface area contributed by atoms with E-state index in [1.807, 2.05) is 17.9 Å². The summed E-state index contributed by atoms with van der Waals surface area (Å²) in [4.78, 5) is 26.7. The van der Waals surface area contributed by atoms with Crippen molar-refractivity contribution in [3.63, 3.8) is 0 Å². The smallest absolute Gasteiger partial charge is 0.339 e. The zero-order chi connectivity index (χ0) is 19.6. The molecule has 0 fully saturated rings. The van der Waals surface area contributed by atoms with E-state index in [2.05, 4.69) is 15.0 Å². The van der Waals surface area contributed by atoms with Crippen molar-refractivity contribution in [2.75, 3.05) is 19.1 Å². The van der Waals surface area contributed by atoms with Crippen molar-refractivity contribution in [3.05, 3.63) is 60.3 Å². The summed E-state index contributed by atoms with van der Waals surface area (Å²) < 4.78 is 10.1. The molecule has 2 heterocycles. The number of nitrogens with two attached hydrogens (primary N) is 1. The van der Waals surface area contributed by atoms with Crippen LogP contribution in [0.1, 0.15) is 29.4 Å². The van der Waals surface area contributed by atoms with E-state index in [4.69, 9.17) is 15.2 Å². The van der Waals surface area contributed by atoms with Gasteiger partial charge in [-0.25, -0.2) is 14.8 Å². The van der Waals surface area contributed by atoms with Crippen LogP contribution in [0.15, 0.2) is 54.1 Å². The van der Waals surface area contributed by atoms with Crippen LogP contribution in [0, 0.1) is 0 Å². The highest BCUT2D eigenvalue weighted by Gasteiger charge is 2.19. The zero-order valence-electron chi connectivity index (χ0n) is 15.6. The normalized spacial score (nSPS) is 11.4. The van der Waals surface area contributed by atoms with Gasteiger partial charge in [0.05, 0.1) is 32.0 Å². The molecule has 8 nitrogen and oxygen atoms in total. The van der Waals surface area contributed by atoms with E-state index in [1.54, 1.807) is 31.5 Å². The fraction of sp³-hybridized carbons (Fsp3) is 0.263. The Morgan fingerprint density at radius 1 is 1.30 bits per heavy atom. The minimum absolute atomic E-state index is 0.388. The predicted octanol–water partition coefficient (Wildman–Crippen LogP) is 2.52. The molecule has 0 aliphatic rings. The molecule has 0 bridgehead atoms. The van der Waals surface area contributed by atoms with Crippen LogP contribution in [0.4, 0.5) is 5.82 Å². The quantitative estimate of drug-likeness (QED) is 0.454. The number of methoxy groups -OCH3 is 2. The maximum absolute atomic E-state index is 11.6. The molecule has 0 saturated heterocycles. The number of pyridine rings is 2. The van der Waals surface area contributed by atoms with Gasteiger partial charge in [0.25, 0.3) is 0 Å². The molecular formula is C19H23N5O3. The van der Waals surface area contributed by atoms with Crippen molar-refractivity contribution < 1.29 is 14.3 Å². The first-order chi connectivity index (χ1) is 13.1. The van der Waals surface area contributed by atoms with E-state index >= 15 is 0 Å². The fourth-order valence-electron chi connectivity index (χ4n) is 2.43. The molecule has 27 heavy (non-hydrogen) atoms. The van der Waals surface area contributed by atoms with Gasteiger partial charge >= 0.3 is 5.97 Å². The molecule has 0 spiro atoms. The van der Waals surface area contributed by atoms with E-state index in [9.17, 15) is 4.79 Å². The molecule has 0 aliphatic heterocycles. The van der Waals surface area contributed by atoms with Crippen molar-refractivity contribution in [1.82, 2.24) is 9.97 Å². The molecule has 0 aromatic carbocycles. The number of hydrogen-bond donors (Lipinski definition) is 1. The largest absolute Gasteiger partial charge is 0.493 e. The Morgan fingerprint density at radius 2 is 2.11 bits per heavy atom. The number of hydrogen-bond acceptors (Lipinski definition) is 7. The number of esters is 1. The van der Waals surface area contributed by atoms with Crippen LogP contribution in [0.5, 0.6) is 5.75 Å². The minimum atomic E-state index is -0.429. The summed E-state index contributed by atoms with van der Waals surface area (Å²) in [6.07, 6.45) is 6.70. The molecule has 8 heteroatoms. The van der Waals surface area contributed by atoms with Crippen LogP contribution in [0.3, 0.4) is 0 Å². The molecule has 0 saturated carbocycles. The monoisotopic (exact) mass is 369 g/mol. The number of carbonyl (C=O) groups excluding carboxylic acids is 1. The number of nitrogens with zero attached hydrogens (tertiary/aromatic N) is 4. The molecule has 0 radical (unpaired) electrons. The lowest BCUT2D eigenvalue weighted by Gasteiger charge is -2.25. The van der Waals surface area contributed by atoms with Crippen LogP contribution >= 0.6 is 0 Å². The molecule has 2 N–H and O–H groups in total. The number of ether oxygens (including phenoxy) is 2. The summed E-state index contributed by atoms with van der Waals surface area (Å²) in [5.74, 6) is 1.54. The highest BCUT2D eigenvalue weighted by molar-refractivity contribution is 5.98. The number of carbonyl (C=O) groups is 1. The first-order valence-corrected chi connectivity index (χ1v) is 8.37. The van der Waals surface area contributed by atoms with E-state index in [1.165, 1.54) is 25.7 Å². The van der Waals surface area contributed by atoms with Gasteiger partial charge in [-0.3, -0.25) is 4.98 Å². The van der Waals surface area contributed by atoms with Gasteiger partial charge in [-0.2, -0.15) is 0 Å². The van der Waals surface area contributed by atoms with Gasteiger partial charge < -0.3 is 20.1 Å². The number of aromatic nitrogens is 2. The third-order valence-corrected chi connectivity index (χ3v) is 3.73. The van der Waals surface area contributed by atoms with E-state index in [0.29, 0.717) is 30.1 Å². The fourth-order valence-corrected chi connectivity index (χ4v) is 2.43. The van der Waals surface area contributed by atoms with Crippen LogP contribution < -0.4 is 15.4 Å². The summed E-state index contributed by atoms with van der Waals surface area (Å²) in [6.45, 7) is 2.37. The van der Waals surface area contributed by atoms with Gasteiger partial charge in [0, 0.05) is 31.2 Å². The summed E-state index contributed by atoms with van der Waals surface area (Å²) in [6, 6.07) is 7.06. The molecule has 0 amide bonds. The number of anilines is 1. The number of amidine groups is 1. The average molecular weight is 369 g/mol. The predicted molar refractivity (Wildman–Crippen MR) is 104 cm³/mol. The number of rotatable bonds is 7. The molecule has 0 unspecified atom stereocenters. The van der Waals surface area contributed by atoms with Crippen molar-refractivity contribution in [2.24, 2.45) is 10.7 Å². The number of aliphatic imine (C=N–C) groups is 1. The molecule has 2 aromatic rings. The lowest BCUT2D eigenvalue weighted by atomic mass is 10.2. The van der Waals surface area contributed by atoms with E-state index < -0.39 is 5.97 Å². The van der Waals surface area contributed by atoms with Crippen molar-refractivity contribution in [1.29, 1.82) is 0 Å². The Balaban J connectivity index is 2.42. The second kappa shape index (κ2) is 9.91. The molecule has 2 aromatic heterocycles. The van der Waals surface area contributed by atoms with Gasteiger partial charge in [0.15, 0.2) is 11.6 Å². The highest BCUT2D eigenvalue weighted by atomic mass is 16.5. The summed E-state index contributed by atoms with van der Waals surface area (Å²) in [5.41, 5.74) is 6.55. The molecule has 0 aliphatic carbocycles. The second-order valence-electron chi connectivity index (χ2n) is 5.39. The zero-order valence-corrected chi connectivity index (χ0v) is 15.6. The van der Waals surface area contributed by atoms with E-state index in [0.717, 1.165) is 11.5 Å². The highest BCUT2D eigenvalue weighted by Crippen LogP contribution is 2.27. The van der Waals surface area contributed by atoms with Crippen molar-refractivity contribution in [2.45, 2.75) is 19.9 Å². The summed E-state index contributed by atoms with van der Waals surface area (Å²) in [7, 11) is 2.92. The topological polar surface area (TPSA) is 103 Å². The Hall–Kier alpha value is -3.42. The van der Waals surface area contributed by atoms with Gasteiger partial charge in [0.1, 0.15) is 5.84 Å². The van der Waals surface area contributed by atoms with Crippen LogP contribution in [-0.4, -0.2) is 36.0 Å². The third-order valence-electron chi connectivity index (χ3n) is 3.73. The Morgan fingerprint density at radius 3 is 2.70 bits per heavy atom. The Bertz CT molecular complexity index is 818. The average Bonchev–Trinajstić information content (AvgIpc) is 2.73. The minimum Gasteiger partial charge on any atom is -0.493 e. The first kappa shape index (κ1) is 19.9. The standard InChI is InChI=1S/C19H23N5O3/c1-4-17(21-11-9-20)24(18-16(26-2)6-5-10-22-18)13-15-8-7-14(12-23-15)19(25)27-3/h5-12H,4,13,20H2,1-3H3/b11-9-,21-17?. The van der Waals surface area contributed by atoms with Crippen molar-refractivity contribution >= 4 is 17.6 Å². The van der Waals surface area contributed by atoms with Gasteiger partial charge in [-0.15, -0.1) is 0 Å². The van der Waals surface area contributed by atoms with Crippen LogP contribution in [-0.2, 0) is 11.3 Å². The van der Waals surface area contributed by atoms with Crippen LogP contribution in [0.25, 0.3) is 0 Å².